The normalized spacial score (nSPS) is 20.5. The molecule has 0 aliphatic carbocycles. The van der Waals surface area contributed by atoms with Crippen molar-refractivity contribution in [1.29, 1.82) is 0 Å². The van der Waals surface area contributed by atoms with E-state index in [1.165, 1.54) is 0 Å². The molecule has 0 radical (unpaired) electrons. The van der Waals surface area contributed by atoms with Gasteiger partial charge in [-0.3, -0.25) is 4.99 Å². The van der Waals surface area contributed by atoms with Crippen LogP contribution in [-0.2, 0) is 0 Å². The Labute approximate surface area is 133 Å². The van der Waals surface area contributed by atoms with Crippen LogP contribution in [0.25, 0.3) is 27.6 Å². The molecule has 112 valence electrons. The number of benzene rings is 2. The van der Waals surface area contributed by atoms with E-state index < -0.39 is 0 Å². The highest BCUT2D eigenvalue weighted by Gasteiger charge is 2.30. The molecule has 0 amide bonds. The Morgan fingerprint density at radius 2 is 1.96 bits per heavy atom. The lowest BCUT2D eigenvalue weighted by atomic mass is 10.0. The molecule has 23 heavy (non-hydrogen) atoms. The average Bonchev–Trinajstić information content (AvgIpc) is 3.13. The van der Waals surface area contributed by atoms with E-state index in [4.69, 9.17) is 4.42 Å². The summed E-state index contributed by atoms with van der Waals surface area (Å²) in [7, 11) is 2.04. The quantitative estimate of drug-likeness (QED) is 0.745. The molecule has 1 aromatic heterocycles. The molecule has 4 heteroatoms. The summed E-state index contributed by atoms with van der Waals surface area (Å²) in [6.45, 7) is 0. The zero-order chi connectivity index (χ0) is 15.4. The fourth-order valence-electron chi connectivity index (χ4n) is 3.37. The Hall–Kier alpha value is -2.85. The van der Waals surface area contributed by atoms with Crippen LogP contribution in [0.15, 0.2) is 69.7 Å². The molecule has 0 saturated carbocycles. The lowest BCUT2D eigenvalue weighted by molar-refractivity contribution is 0.285. The molecule has 1 N–H and O–H groups in total. The monoisotopic (exact) mass is 301 g/mol. The molecule has 2 aliphatic heterocycles. The van der Waals surface area contributed by atoms with Gasteiger partial charge in [-0.2, -0.15) is 0 Å². The zero-order valence-electron chi connectivity index (χ0n) is 12.7. The minimum Gasteiger partial charge on any atom is -0.456 e. The van der Waals surface area contributed by atoms with Crippen molar-refractivity contribution in [1.82, 2.24) is 10.4 Å². The highest BCUT2D eigenvalue weighted by molar-refractivity contribution is 6.05. The summed E-state index contributed by atoms with van der Waals surface area (Å²) in [6, 6.07) is 14.6. The fraction of sp³-hybridized carbons (Fsp3) is 0.105. The van der Waals surface area contributed by atoms with Gasteiger partial charge in [0.05, 0.1) is 17.4 Å². The van der Waals surface area contributed by atoms with Crippen molar-refractivity contribution in [3.63, 3.8) is 0 Å². The highest BCUT2D eigenvalue weighted by Crippen LogP contribution is 2.34. The first-order chi connectivity index (χ1) is 11.3. The topological polar surface area (TPSA) is 40.8 Å². The minimum atomic E-state index is 0.187. The number of fused-ring (bicyclic) bond motifs is 4. The Balaban J connectivity index is 1.73. The summed E-state index contributed by atoms with van der Waals surface area (Å²) in [5.41, 5.74) is 8.51. The van der Waals surface area contributed by atoms with Gasteiger partial charge < -0.3 is 9.84 Å². The molecule has 3 heterocycles. The van der Waals surface area contributed by atoms with Gasteiger partial charge >= 0.3 is 0 Å². The summed E-state index contributed by atoms with van der Waals surface area (Å²) < 4.78 is 5.91. The van der Waals surface area contributed by atoms with Crippen molar-refractivity contribution in [2.24, 2.45) is 4.99 Å². The third-order valence-corrected chi connectivity index (χ3v) is 4.50. The maximum Gasteiger partial charge on any atom is 0.135 e. The molecule has 1 unspecified atom stereocenters. The molecule has 1 atom stereocenters. The number of hydrazine groups is 1. The molecular weight excluding hydrogens is 286 g/mol. The van der Waals surface area contributed by atoms with Crippen molar-refractivity contribution in [3.05, 3.63) is 65.9 Å². The summed E-state index contributed by atoms with van der Waals surface area (Å²) in [4.78, 5) is 4.57. The number of furan rings is 1. The maximum absolute atomic E-state index is 5.91. The van der Waals surface area contributed by atoms with Crippen LogP contribution in [0.4, 0.5) is 0 Å². The second-order valence-corrected chi connectivity index (χ2v) is 5.90. The third-order valence-electron chi connectivity index (χ3n) is 4.50. The van der Waals surface area contributed by atoms with E-state index in [1.807, 2.05) is 43.6 Å². The average molecular weight is 301 g/mol. The van der Waals surface area contributed by atoms with Crippen LogP contribution in [0.3, 0.4) is 0 Å². The number of para-hydroxylation sites is 1. The Morgan fingerprint density at radius 1 is 1.09 bits per heavy atom. The van der Waals surface area contributed by atoms with E-state index in [-0.39, 0.29) is 6.04 Å². The van der Waals surface area contributed by atoms with E-state index in [0.717, 1.165) is 38.9 Å². The molecule has 0 spiro atoms. The predicted octanol–water partition coefficient (Wildman–Crippen LogP) is 3.71. The number of dihydropyridines is 1. The van der Waals surface area contributed by atoms with Gasteiger partial charge in [-0.25, -0.2) is 5.01 Å². The van der Waals surface area contributed by atoms with Gasteiger partial charge in [0.15, 0.2) is 0 Å². The van der Waals surface area contributed by atoms with E-state index in [0.29, 0.717) is 0 Å². The lowest BCUT2D eigenvalue weighted by Crippen LogP contribution is -2.34. The molecule has 0 bridgehead atoms. The van der Waals surface area contributed by atoms with Crippen LogP contribution in [0.2, 0.25) is 0 Å². The largest absolute Gasteiger partial charge is 0.456 e. The van der Waals surface area contributed by atoms with Crippen LogP contribution >= 0.6 is 0 Å². The molecule has 4 nitrogen and oxygen atoms in total. The Kier molecular flexibility index (Phi) is 2.52. The van der Waals surface area contributed by atoms with E-state index in [9.17, 15) is 0 Å². The van der Waals surface area contributed by atoms with Gasteiger partial charge in [0.1, 0.15) is 11.2 Å². The van der Waals surface area contributed by atoms with E-state index in [2.05, 4.69) is 39.7 Å². The van der Waals surface area contributed by atoms with E-state index >= 15 is 0 Å². The molecular formula is C19H15N3O. The molecule has 5 rings (SSSR count). The van der Waals surface area contributed by atoms with Crippen LogP contribution in [-0.4, -0.2) is 24.3 Å². The van der Waals surface area contributed by atoms with Crippen molar-refractivity contribution in [2.45, 2.75) is 6.04 Å². The molecule has 3 aromatic rings. The minimum absolute atomic E-state index is 0.187. The lowest BCUT2D eigenvalue weighted by Gasteiger charge is -2.18. The first kappa shape index (κ1) is 12.7. The fourth-order valence-corrected chi connectivity index (χ4v) is 3.37. The first-order valence-corrected chi connectivity index (χ1v) is 7.67. The maximum atomic E-state index is 5.91. The number of allylic oxidation sites excluding steroid dienone is 1. The smallest absolute Gasteiger partial charge is 0.135 e. The highest BCUT2D eigenvalue weighted by atomic mass is 16.3. The number of nitrogens with zero attached hydrogens (tertiary/aromatic N) is 2. The van der Waals surface area contributed by atoms with Crippen molar-refractivity contribution in [2.75, 3.05) is 7.05 Å². The third kappa shape index (κ3) is 1.79. The molecule has 0 saturated heterocycles. The van der Waals surface area contributed by atoms with Crippen LogP contribution in [0.5, 0.6) is 0 Å². The standard InChI is InChI=1S/C19H15N3O/c1-22-15-6-4-10-20-19(15)18(21-22)12-8-9-17-14(11-12)13-5-2-3-7-16(13)23-17/h2-11,15,21H,1H3. The second-order valence-electron chi connectivity index (χ2n) is 5.90. The van der Waals surface area contributed by atoms with Crippen molar-refractivity contribution in [3.8, 4) is 0 Å². The number of rotatable bonds is 1. The summed E-state index contributed by atoms with van der Waals surface area (Å²) in [6.07, 6.45) is 5.98. The summed E-state index contributed by atoms with van der Waals surface area (Å²) >= 11 is 0. The van der Waals surface area contributed by atoms with Crippen LogP contribution in [0.1, 0.15) is 5.56 Å². The zero-order valence-corrected chi connectivity index (χ0v) is 12.7. The molecule has 2 aliphatic rings. The van der Waals surface area contributed by atoms with Gasteiger partial charge in [0, 0.05) is 29.6 Å². The van der Waals surface area contributed by atoms with Gasteiger partial charge in [0.25, 0.3) is 0 Å². The van der Waals surface area contributed by atoms with Crippen LogP contribution < -0.4 is 5.43 Å². The Bertz CT molecular complexity index is 1030. The number of hydrogen-bond acceptors (Lipinski definition) is 4. The van der Waals surface area contributed by atoms with Crippen molar-refractivity contribution >= 4 is 33.9 Å². The van der Waals surface area contributed by atoms with Crippen molar-refractivity contribution < 1.29 is 4.42 Å². The second kappa shape index (κ2) is 4.57. The molecule has 2 aromatic carbocycles. The number of nitrogens with one attached hydrogen (secondary N) is 1. The SMILES string of the molecule is CN1NC(c2ccc3oc4ccccc4c3c2)=C2N=CC=CC21. The van der Waals surface area contributed by atoms with Gasteiger partial charge in [-0.15, -0.1) is 0 Å². The predicted molar refractivity (Wildman–Crippen MR) is 93.0 cm³/mol. The van der Waals surface area contributed by atoms with E-state index in [1.54, 1.807) is 0 Å². The number of aliphatic imine (C=N–C) groups is 1. The molecule has 0 fully saturated rings. The van der Waals surface area contributed by atoms with Gasteiger partial charge in [-0.1, -0.05) is 24.3 Å². The van der Waals surface area contributed by atoms with Crippen LogP contribution in [0, 0.1) is 0 Å². The summed E-state index contributed by atoms with van der Waals surface area (Å²) in [5, 5.41) is 4.36. The number of likely N-dealkylation sites (N-methyl/N-ethyl adjacent to an activating group) is 1. The van der Waals surface area contributed by atoms with Gasteiger partial charge in [-0.05, 0) is 30.3 Å². The number of hydrogen-bond donors (Lipinski definition) is 1. The van der Waals surface area contributed by atoms with Gasteiger partial charge in [0.2, 0.25) is 0 Å². The first-order valence-electron chi connectivity index (χ1n) is 7.67. The summed E-state index contributed by atoms with van der Waals surface area (Å²) in [5.74, 6) is 0. The Morgan fingerprint density at radius 3 is 2.91 bits per heavy atom.